The van der Waals surface area contributed by atoms with E-state index in [-0.39, 0.29) is 22.9 Å². The van der Waals surface area contributed by atoms with E-state index < -0.39 is 21.6 Å². The lowest BCUT2D eigenvalue weighted by atomic mass is 10.1. The van der Waals surface area contributed by atoms with Crippen LogP contribution >= 0.6 is 0 Å². The van der Waals surface area contributed by atoms with Crippen molar-refractivity contribution in [1.82, 2.24) is 0 Å². The van der Waals surface area contributed by atoms with Gasteiger partial charge in [0.1, 0.15) is 11.2 Å². The third kappa shape index (κ3) is 4.24. The molecular formula is C24H24N2O7S. The van der Waals surface area contributed by atoms with Crippen LogP contribution in [0.25, 0.3) is 21.9 Å². The smallest absolute Gasteiger partial charge is 0.374 e. The highest BCUT2D eigenvalue weighted by molar-refractivity contribution is 7.92. The highest BCUT2D eigenvalue weighted by Gasteiger charge is 2.24. The molecule has 0 amide bonds. The fraction of sp³-hybridized carbons (Fsp3) is 0.250. The Balaban J connectivity index is 1.79. The molecule has 0 atom stereocenters. The zero-order valence-corrected chi connectivity index (χ0v) is 19.7. The Kier molecular flexibility index (Phi) is 6.34. The van der Waals surface area contributed by atoms with Gasteiger partial charge in [-0.25, -0.2) is 18.0 Å². The Morgan fingerprint density at radius 1 is 1.00 bits per heavy atom. The largest absolute Gasteiger partial charge is 0.460 e. The molecule has 4 aromatic rings. The number of anilines is 2. The van der Waals surface area contributed by atoms with E-state index in [2.05, 4.69) is 10.0 Å². The van der Waals surface area contributed by atoms with Gasteiger partial charge in [-0.3, -0.25) is 4.72 Å². The molecule has 4 rings (SSSR count). The highest BCUT2D eigenvalue weighted by Crippen LogP contribution is 2.32. The highest BCUT2D eigenvalue weighted by atomic mass is 32.2. The van der Waals surface area contributed by atoms with Gasteiger partial charge >= 0.3 is 11.6 Å². The second-order valence-electron chi connectivity index (χ2n) is 7.60. The number of carbonyl (C=O) groups excluding carboxylic acids is 1. The van der Waals surface area contributed by atoms with Gasteiger partial charge in [-0.05, 0) is 50.6 Å². The van der Waals surface area contributed by atoms with Crippen molar-refractivity contribution in [3.8, 4) is 0 Å². The molecule has 10 heteroatoms. The summed E-state index contributed by atoms with van der Waals surface area (Å²) < 4.78 is 44.8. The number of ether oxygens (including phenoxy) is 1. The summed E-state index contributed by atoms with van der Waals surface area (Å²) in [6.07, 6.45) is 0.764. The second kappa shape index (κ2) is 9.22. The molecule has 2 aromatic heterocycles. The first kappa shape index (κ1) is 23.4. The lowest BCUT2D eigenvalue weighted by Gasteiger charge is -2.15. The number of furan rings is 1. The maximum atomic E-state index is 13.3. The molecule has 0 fully saturated rings. The van der Waals surface area contributed by atoms with Crippen molar-refractivity contribution < 1.29 is 26.8 Å². The van der Waals surface area contributed by atoms with Crippen LogP contribution in [0.4, 0.5) is 11.4 Å². The molecule has 2 N–H and O–H groups in total. The van der Waals surface area contributed by atoms with Crippen molar-refractivity contribution in [2.75, 3.05) is 23.2 Å². The van der Waals surface area contributed by atoms with E-state index in [1.165, 1.54) is 18.2 Å². The van der Waals surface area contributed by atoms with Gasteiger partial charge < -0.3 is 18.9 Å². The van der Waals surface area contributed by atoms with E-state index in [1.54, 1.807) is 38.1 Å². The first-order valence-corrected chi connectivity index (χ1v) is 12.3. The van der Waals surface area contributed by atoms with Crippen molar-refractivity contribution in [2.45, 2.75) is 32.1 Å². The Hall–Kier alpha value is -3.79. The van der Waals surface area contributed by atoms with E-state index in [9.17, 15) is 18.0 Å². The third-order valence-electron chi connectivity index (χ3n) is 5.28. The molecule has 0 aliphatic carbocycles. The minimum atomic E-state index is -4.19. The first-order valence-electron chi connectivity index (χ1n) is 10.8. The number of nitrogens with one attached hydrogen (secondary N) is 2. The minimum Gasteiger partial charge on any atom is -0.460 e. The normalized spacial score (nSPS) is 11.6. The molecule has 9 nitrogen and oxygen atoms in total. The van der Waals surface area contributed by atoms with Crippen LogP contribution in [0.15, 0.2) is 61.0 Å². The van der Waals surface area contributed by atoms with E-state index in [1.807, 2.05) is 6.92 Å². The van der Waals surface area contributed by atoms with Gasteiger partial charge in [0.05, 0.1) is 17.2 Å². The molecule has 0 saturated carbocycles. The predicted octanol–water partition coefficient (Wildman–Crippen LogP) is 4.65. The summed E-state index contributed by atoms with van der Waals surface area (Å²) in [6, 6.07) is 11.1. The molecular weight excluding hydrogens is 460 g/mol. The minimum absolute atomic E-state index is 0.0144. The summed E-state index contributed by atoms with van der Waals surface area (Å²) in [7, 11) is -4.19. The van der Waals surface area contributed by atoms with Gasteiger partial charge in [-0.1, -0.05) is 19.1 Å². The van der Waals surface area contributed by atoms with Crippen LogP contribution in [0, 0.1) is 6.92 Å². The van der Waals surface area contributed by atoms with Crippen LogP contribution in [-0.4, -0.2) is 27.5 Å². The molecule has 0 radical (unpaired) electrons. The number of hydrogen-bond acceptors (Lipinski definition) is 8. The molecule has 2 aromatic carbocycles. The van der Waals surface area contributed by atoms with Gasteiger partial charge in [0.15, 0.2) is 5.69 Å². The summed E-state index contributed by atoms with van der Waals surface area (Å²) in [5.41, 5.74) is 0.476. The molecule has 34 heavy (non-hydrogen) atoms. The number of hydrogen-bond donors (Lipinski definition) is 2. The SMILES string of the molecule is CCCNc1c(NS(=O)(=O)c2ccc3oc(C(=O)OCC)c(C)c3c2)c(=O)oc2ccccc12. The molecule has 0 bridgehead atoms. The number of sulfonamides is 1. The summed E-state index contributed by atoms with van der Waals surface area (Å²) in [5, 5.41) is 4.16. The summed E-state index contributed by atoms with van der Waals surface area (Å²) >= 11 is 0. The van der Waals surface area contributed by atoms with Crippen molar-refractivity contribution in [1.29, 1.82) is 0 Å². The molecule has 0 aliphatic heterocycles. The number of esters is 1. The van der Waals surface area contributed by atoms with Crippen LogP contribution in [0.5, 0.6) is 0 Å². The second-order valence-corrected chi connectivity index (χ2v) is 9.28. The van der Waals surface area contributed by atoms with Gasteiger partial charge in [0.25, 0.3) is 10.0 Å². The quantitative estimate of drug-likeness (QED) is 0.273. The van der Waals surface area contributed by atoms with E-state index in [4.69, 9.17) is 13.6 Å². The van der Waals surface area contributed by atoms with Crippen LogP contribution in [0.1, 0.15) is 36.4 Å². The number of para-hydroxylation sites is 1. The van der Waals surface area contributed by atoms with Crippen LogP contribution in [-0.2, 0) is 14.8 Å². The fourth-order valence-electron chi connectivity index (χ4n) is 3.63. The Morgan fingerprint density at radius 3 is 2.47 bits per heavy atom. The zero-order valence-electron chi connectivity index (χ0n) is 18.9. The number of fused-ring (bicyclic) bond motifs is 2. The number of aryl methyl sites for hydroxylation is 1. The fourth-order valence-corrected chi connectivity index (χ4v) is 4.72. The standard InChI is InChI=1S/C24H24N2O7S/c1-4-12-25-20-16-8-6-7-9-18(16)33-23(27)21(20)26-34(29,30)15-10-11-19-17(13-15)14(3)22(32-19)24(28)31-5-2/h6-11,13,25-26H,4-5,12H2,1-3H3. The molecule has 0 saturated heterocycles. The maximum absolute atomic E-state index is 13.3. The molecule has 0 aliphatic rings. The van der Waals surface area contributed by atoms with Gasteiger partial charge in [0, 0.05) is 22.9 Å². The van der Waals surface area contributed by atoms with E-state index >= 15 is 0 Å². The zero-order chi connectivity index (χ0) is 24.5. The Labute approximate surface area is 195 Å². The monoisotopic (exact) mass is 484 g/mol. The molecule has 0 spiro atoms. The van der Waals surface area contributed by atoms with Crippen molar-refractivity contribution in [3.05, 3.63) is 64.2 Å². The van der Waals surface area contributed by atoms with Crippen LogP contribution in [0.3, 0.4) is 0 Å². The number of carbonyl (C=O) groups is 1. The topological polar surface area (TPSA) is 128 Å². The van der Waals surface area contributed by atoms with Crippen molar-refractivity contribution >= 4 is 49.3 Å². The lowest BCUT2D eigenvalue weighted by Crippen LogP contribution is -2.21. The average molecular weight is 485 g/mol. The average Bonchev–Trinajstić information content (AvgIpc) is 3.15. The van der Waals surface area contributed by atoms with Gasteiger partial charge in [-0.2, -0.15) is 0 Å². The summed E-state index contributed by atoms with van der Waals surface area (Å²) in [4.78, 5) is 24.8. The lowest BCUT2D eigenvalue weighted by molar-refractivity contribution is 0.0491. The Bertz CT molecular complexity index is 1550. The summed E-state index contributed by atoms with van der Waals surface area (Å²) in [6.45, 7) is 5.99. The maximum Gasteiger partial charge on any atom is 0.374 e. The van der Waals surface area contributed by atoms with Gasteiger partial charge in [0.2, 0.25) is 5.76 Å². The number of rotatable bonds is 8. The van der Waals surface area contributed by atoms with Gasteiger partial charge in [-0.15, -0.1) is 0 Å². The van der Waals surface area contributed by atoms with E-state index in [0.29, 0.717) is 39.7 Å². The van der Waals surface area contributed by atoms with Crippen molar-refractivity contribution in [2.24, 2.45) is 0 Å². The van der Waals surface area contributed by atoms with E-state index in [0.717, 1.165) is 6.42 Å². The predicted molar refractivity (Wildman–Crippen MR) is 129 cm³/mol. The molecule has 0 unspecified atom stereocenters. The Morgan fingerprint density at radius 2 is 1.74 bits per heavy atom. The summed E-state index contributed by atoms with van der Waals surface area (Å²) in [5.74, 6) is -0.611. The number of benzene rings is 2. The van der Waals surface area contributed by atoms with Crippen molar-refractivity contribution in [3.63, 3.8) is 0 Å². The first-order chi connectivity index (χ1) is 16.3. The third-order valence-corrected chi connectivity index (χ3v) is 6.63. The molecule has 178 valence electrons. The molecule has 2 heterocycles. The van der Waals surface area contributed by atoms with Crippen LogP contribution < -0.4 is 15.7 Å². The van der Waals surface area contributed by atoms with Crippen LogP contribution in [0.2, 0.25) is 0 Å².